The first-order chi connectivity index (χ1) is 3.41. The van der Waals surface area contributed by atoms with Gasteiger partial charge in [-0.2, -0.15) is 5.26 Å². The van der Waals surface area contributed by atoms with Crippen molar-refractivity contribution in [1.29, 1.82) is 5.26 Å². The summed E-state index contributed by atoms with van der Waals surface area (Å²) in [7, 11) is 0. The summed E-state index contributed by atoms with van der Waals surface area (Å²) in [5.41, 5.74) is 0. The number of aliphatic hydroxyl groups is 3. The Labute approximate surface area is 53.1 Å². The molecule has 0 saturated carbocycles. The smallest absolute Gasteiger partial charge is 0.272 e. The monoisotopic (exact) mass is 137 g/mol. The number of nitriles is 1. The lowest BCUT2D eigenvalue weighted by Crippen LogP contribution is -2.20. The minimum absolute atomic E-state index is 0. The van der Waals surface area contributed by atoms with Crippen LogP contribution in [0.4, 0.5) is 0 Å². The van der Waals surface area contributed by atoms with Gasteiger partial charge in [-0.25, -0.2) is 0 Å². The normalized spacial score (nSPS) is 7.56. The molecule has 0 heterocycles. The lowest BCUT2D eigenvalue weighted by molar-refractivity contribution is -0.297. The summed E-state index contributed by atoms with van der Waals surface area (Å²) < 4.78 is 0. The van der Waals surface area contributed by atoms with Crippen molar-refractivity contribution in [3.63, 3.8) is 0 Å². The van der Waals surface area contributed by atoms with E-state index >= 15 is 0 Å². The van der Waals surface area contributed by atoms with E-state index in [1.165, 1.54) is 6.92 Å². The van der Waals surface area contributed by atoms with Crippen molar-refractivity contribution >= 4 is 0 Å². The third-order valence-corrected chi connectivity index (χ3v) is 0. The van der Waals surface area contributed by atoms with Crippen LogP contribution in [0.25, 0.3) is 0 Å². The van der Waals surface area contributed by atoms with Crippen LogP contribution in [0.1, 0.15) is 13.8 Å². The molecule has 0 aromatic carbocycles. The molecule has 0 aliphatic heterocycles. The summed E-state index contributed by atoms with van der Waals surface area (Å²) >= 11 is 0. The summed E-state index contributed by atoms with van der Waals surface area (Å²) in [5.74, 6) is -2.50. The van der Waals surface area contributed by atoms with Crippen molar-refractivity contribution in [3.8, 4) is 6.07 Å². The highest BCUT2D eigenvalue weighted by atomic mass is 16.7. The van der Waals surface area contributed by atoms with E-state index in [0.29, 0.717) is 0 Å². The van der Waals surface area contributed by atoms with Gasteiger partial charge in [0.2, 0.25) is 0 Å². The van der Waals surface area contributed by atoms with Gasteiger partial charge in [0, 0.05) is 13.8 Å². The van der Waals surface area contributed by atoms with Gasteiger partial charge in [0.25, 0.3) is 5.97 Å². The Balaban J connectivity index is -0.0000000800. The maximum Gasteiger partial charge on any atom is 0.272 e. The van der Waals surface area contributed by atoms with Crippen LogP contribution in [0.15, 0.2) is 0 Å². The van der Waals surface area contributed by atoms with Crippen LogP contribution >= 0.6 is 0 Å². The molecule has 0 aromatic heterocycles. The van der Waals surface area contributed by atoms with Gasteiger partial charge in [-0.15, -0.1) is 0 Å². The van der Waals surface area contributed by atoms with Gasteiger partial charge < -0.3 is 20.8 Å². The summed E-state index contributed by atoms with van der Waals surface area (Å²) in [4.78, 5) is 0. The second-order valence-electron chi connectivity index (χ2n) is 1.19. The Morgan fingerprint density at radius 2 is 1.33 bits per heavy atom. The van der Waals surface area contributed by atoms with E-state index < -0.39 is 5.97 Å². The number of rotatable bonds is 0. The minimum Gasteiger partial charge on any atom is -0.412 e. The van der Waals surface area contributed by atoms with Crippen LogP contribution in [0.2, 0.25) is 0 Å². The molecule has 0 aliphatic rings. The largest absolute Gasteiger partial charge is 0.412 e. The van der Waals surface area contributed by atoms with E-state index in [1.54, 1.807) is 6.07 Å². The van der Waals surface area contributed by atoms with Gasteiger partial charge in [-0.05, 0) is 0 Å². The van der Waals surface area contributed by atoms with Gasteiger partial charge in [0.1, 0.15) is 0 Å². The third-order valence-electron chi connectivity index (χ3n) is 0. The van der Waals surface area contributed by atoms with Gasteiger partial charge in [-0.1, -0.05) is 0 Å². The van der Waals surface area contributed by atoms with Crippen LogP contribution in [-0.2, 0) is 0 Å². The van der Waals surface area contributed by atoms with Crippen LogP contribution < -0.4 is 0 Å². The maximum atomic E-state index is 7.63. The topological polar surface area (TPSA) is 116 Å². The molecule has 0 aliphatic carbocycles. The fourth-order valence-corrected chi connectivity index (χ4v) is 0. The zero-order chi connectivity index (χ0) is 7.21. The Kier molecular flexibility index (Phi) is 12.8. The highest BCUT2D eigenvalue weighted by Gasteiger charge is 2.03. The number of hydrogen-bond donors (Lipinski definition) is 3. The summed E-state index contributed by atoms with van der Waals surface area (Å²) in [6, 6.07) is 1.75. The molecule has 0 radical (unpaired) electrons. The molecule has 0 saturated heterocycles. The summed E-state index contributed by atoms with van der Waals surface area (Å²) in [5, 5.41) is 30.2. The predicted octanol–water partition coefficient (Wildman–Crippen LogP) is -1.66. The first-order valence-electron chi connectivity index (χ1n) is 1.89. The SMILES string of the molecule is CC#N.CC(O)(O)O.O. The van der Waals surface area contributed by atoms with Gasteiger partial charge in [-0.3, -0.25) is 0 Å². The molecule has 0 amide bonds. The molecule has 0 fully saturated rings. The first-order valence-corrected chi connectivity index (χ1v) is 1.89. The van der Waals surface area contributed by atoms with Crippen LogP contribution in [0, 0.1) is 11.3 Å². The molecule has 0 unspecified atom stereocenters. The molecule has 5 heteroatoms. The highest BCUT2D eigenvalue weighted by molar-refractivity contribution is 4.51. The Morgan fingerprint density at radius 3 is 1.33 bits per heavy atom. The molecular formula is C4H11NO4. The Morgan fingerprint density at radius 1 is 1.33 bits per heavy atom. The molecule has 0 aromatic rings. The van der Waals surface area contributed by atoms with Gasteiger partial charge in [0.15, 0.2) is 0 Å². The van der Waals surface area contributed by atoms with E-state index in [2.05, 4.69) is 0 Å². The number of hydrogen-bond acceptors (Lipinski definition) is 4. The Bertz CT molecular complexity index is 73.5. The summed E-state index contributed by atoms with van der Waals surface area (Å²) in [6.07, 6.45) is 0. The zero-order valence-corrected chi connectivity index (χ0v) is 5.29. The fourth-order valence-electron chi connectivity index (χ4n) is 0. The molecule has 5 N–H and O–H groups in total. The maximum absolute atomic E-state index is 7.63. The molecule has 56 valence electrons. The summed E-state index contributed by atoms with van der Waals surface area (Å²) in [6.45, 7) is 2.28. The van der Waals surface area contributed by atoms with E-state index in [9.17, 15) is 0 Å². The standard InChI is InChI=1S/C2H3N.C2H6O3.H2O/c1-2-3;1-2(3,4)5;/h1H3;3-5H,1H3;1H2. The molecular weight excluding hydrogens is 126 g/mol. The lowest BCUT2D eigenvalue weighted by atomic mass is 10.7. The molecule has 5 nitrogen and oxygen atoms in total. The molecule has 0 spiro atoms. The van der Waals surface area contributed by atoms with Crippen LogP contribution in [0.3, 0.4) is 0 Å². The molecule has 0 rings (SSSR count). The van der Waals surface area contributed by atoms with Crippen molar-refractivity contribution in [2.75, 3.05) is 0 Å². The number of nitrogens with zero attached hydrogens (tertiary/aromatic N) is 1. The average Bonchev–Trinajstić information content (AvgIpc) is 1.27. The van der Waals surface area contributed by atoms with E-state index in [4.69, 9.17) is 20.6 Å². The lowest BCUT2D eigenvalue weighted by Gasteiger charge is -2.01. The van der Waals surface area contributed by atoms with Crippen LogP contribution in [-0.4, -0.2) is 26.8 Å². The minimum atomic E-state index is -2.50. The van der Waals surface area contributed by atoms with Crippen molar-refractivity contribution in [2.45, 2.75) is 19.8 Å². The molecule has 0 bridgehead atoms. The van der Waals surface area contributed by atoms with E-state index in [1.807, 2.05) is 0 Å². The Hall–Kier alpha value is -0.670. The van der Waals surface area contributed by atoms with Crippen LogP contribution in [0.5, 0.6) is 0 Å². The third kappa shape index (κ3) is 464. The van der Waals surface area contributed by atoms with E-state index in [-0.39, 0.29) is 5.48 Å². The molecule has 0 atom stereocenters. The second kappa shape index (κ2) is 7.33. The van der Waals surface area contributed by atoms with Crippen molar-refractivity contribution in [2.24, 2.45) is 0 Å². The quantitative estimate of drug-likeness (QED) is 0.346. The van der Waals surface area contributed by atoms with Crippen molar-refractivity contribution in [3.05, 3.63) is 0 Å². The average molecular weight is 137 g/mol. The zero-order valence-electron chi connectivity index (χ0n) is 5.29. The highest BCUT2D eigenvalue weighted by Crippen LogP contribution is 1.82. The first kappa shape index (κ1) is 15.8. The second-order valence-corrected chi connectivity index (χ2v) is 1.19. The van der Waals surface area contributed by atoms with Gasteiger partial charge in [0.05, 0.1) is 6.07 Å². The van der Waals surface area contributed by atoms with Crippen molar-refractivity contribution in [1.82, 2.24) is 0 Å². The van der Waals surface area contributed by atoms with E-state index in [0.717, 1.165) is 6.92 Å². The fraction of sp³-hybridized carbons (Fsp3) is 0.750. The van der Waals surface area contributed by atoms with Crippen molar-refractivity contribution < 1.29 is 20.8 Å². The predicted molar refractivity (Wildman–Crippen MR) is 30.0 cm³/mol. The van der Waals surface area contributed by atoms with Gasteiger partial charge >= 0.3 is 0 Å². The molecule has 9 heavy (non-hydrogen) atoms.